The van der Waals surface area contributed by atoms with Gasteiger partial charge in [-0.15, -0.1) is 0 Å². The van der Waals surface area contributed by atoms with Crippen molar-refractivity contribution < 1.29 is 4.79 Å². The fraction of sp³-hybridized carbons (Fsp3) is 0.700. The second-order valence-corrected chi connectivity index (χ2v) is 3.09. The third-order valence-corrected chi connectivity index (χ3v) is 1.67. The molecule has 1 unspecified atom stereocenters. The van der Waals surface area contributed by atoms with E-state index in [1.54, 1.807) is 13.0 Å². The Hall–Kier alpha value is -0.590. The zero-order valence-corrected chi connectivity index (χ0v) is 7.76. The molecule has 0 aromatic rings. The van der Waals surface area contributed by atoms with Gasteiger partial charge in [0.05, 0.1) is 0 Å². The lowest BCUT2D eigenvalue weighted by Gasteiger charge is -2.02. The Bertz CT molecular complexity index is 136. The Morgan fingerprint density at radius 1 is 1.55 bits per heavy atom. The summed E-state index contributed by atoms with van der Waals surface area (Å²) >= 11 is 0. The second kappa shape index (κ2) is 6.14. The topological polar surface area (TPSA) is 17.1 Å². The van der Waals surface area contributed by atoms with Gasteiger partial charge < -0.3 is 0 Å². The molecule has 0 spiro atoms. The van der Waals surface area contributed by atoms with Crippen LogP contribution in [0.3, 0.4) is 0 Å². The second-order valence-electron chi connectivity index (χ2n) is 3.09. The summed E-state index contributed by atoms with van der Waals surface area (Å²) in [5.41, 5.74) is 0. The van der Waals surface area contributed by atoms with Crippen LogP contribution in [0.5, 0.6) is 0 Å². The van der Waals surface area contributed by atoms with Crippen LogP contribution < -0.4 is 0 Å². The summed E-state index contributed by atoms with van der Waals surface area (Å²) in [5.74, 6) is 0.701. The third-order valence-electron chi connectivity index (χ3n) is 1.67. The van der Waals surface area contributed by atoms with E-state index >= 15 is 0 Å². The van der Waals surface area contributed by atoms with Gasteiger partial charge in [-0.05, 0) is 25.3 Å². The molecule has 1 atom stereocenters. The van der Waals surface area contributed by atoms with Crippen LogP contribution in [-0.2, 0) is 4.79 Å². The molecule has 11 heavy (non-hydrogen) atoms. The Balaban J connectivity index is 3.50. The molecular formula is C10H18O. The Morgan fingerprint density at radius 3 is 2.64 bits per heavy atom. The molecule has 0 aromatic heterocycles. The van der Waals surface area contributed by atoms with E-state index in [1.807, 2.05) is 6.08 Å². The van der Waals surface area contributed by atoms with Crippen LogP contribution >= 0.6 is 0 Å². The number of hydrogen-bond donors (Lipinski definition) is 0. The minimum atomic E-state index is 0.147. The average Bonchev–Trinajstić information content (AvgIpc) is 1.97. The molecule has 1 nitrogen and oxygen atoms in total. The lowest BCUT2D eigenvalue weighted by molar-refractivity contribution is -0.112. The first kappa shape index (κ1) is 10.4. The molecule has 1 heteroatoms. The van der Waals surface area contributed by atoms with Crippen LogP contribution in [0.1, 0.15) is 40.0 Å². The first-order valence-corrected chi connectivity index (χ1v) is 4.35. The fourth-order valence-corrected chi connectivity index (χ4v) is 0.922. The van der Waals surface area contributed by atoms with E-state index in [1.165, 1.54) is 19.3 Å². The third kappa shape index (κ3) is 7.31. The number of unbranched alkanes of at least 4 members (excludes halogenated alkanes) is 1. The highest BCUT2D eigenvalue weighted by molar-refractivity contribution is 5.87. The Labute approximate surface area is 69.5 Å². The molecule has 0 saturated carbocycles. The summed E-state index contributed by atoms with van der Waals surface area (Å²) in [6.45, 7) is 5.92. The molecule has 0 rings (SSSR count). The SMILES string of the molecule is CCCCC(C)C=CC(C)=O. The number of carbonyl (C=O) groups is 1. The van der Waals surface area contributed by atoms with E-state index in [-0.39, 0.29) is 5.78 Å². The molecule has 0 aromatic carbocycles. The number of hydrogen-bond acceptors (Lipinski definition) is 1. The number of rotatable bonds is 5. The van der Waals surface area contributed by atoms with Crippen molar-refractivity contribution in [2.24, 2.45) is 5.92 Å². The molecule has 64 valence electrons. The molecule has 0 bridgehead atoms. The molecule has 0 aliphatic rings. The van der Waals surface area contributed by atoms with Crippen molar-refractivity contribution in [3.63, 3.8) is 0 Å². The molecule has 0 heterocycles. The van der Waals surface area contributed by atoms with E-state index in [0.717, 1.165) is 0 Å². The van der Waals surface area contributed by atoms with Gasteiger partial charge in [0.25, 0.3) is 0 Å². The van der Waals surface area contributed by atoms with Crippen molar-refractivity contribution in [3.8, 4) is 0 Å². The predicted octanol–water partition coefficient (Wildman–Crippen LogP) is 2.96. The maximum Gasteiger partial charge on any atom is 0.152 e. The van der Waals surface area contributed by atoms with Crippen molar-refractivity contribution in [3.05, 3.63) is 12.2 Å². The van der Waals surface area contributed by atoms with Crippen LogP contribution in [0.2, 0.25) is 0 Å². The molecule has 0 saturated heterocycles. The van der Waals surface area contributed by atoms with Gasteiger partial charge in [-0.25, -0.2) is 0 Å². The van der Waals surface area contributed by atoms with Crippen LogP contribution in [-0.4, -0.2) is 5.78 Å². The van der Waals surface area contributed by atoms with Crippen LogP contribution in [0.4, 0.5) is 0 Å². The van der Waals surface area contributed by atoms with Gasteiger partial charge in [0, 0.05) is 0 Å². The zero-order valence-electron chi connectivity index (χ0n) is 7.76. The van der Waals surface area contributed by atoms with E-state index < -0.39 is 0 Å². The van der Waals surface area contributed by atoms with Gasteiger partial charge in [-0.1, -0.05) is 32.8 Å². The van der Waals surface area contributed by atoms with Crippen molar-refractivity contribution >= 4 is 5.78 Å². The van der Waals surface area contributed by atoms with Crippen molar-refractivity contribution in [1.82, 2.24) is 0 Å². The molecule has 0 amide bonds. The summed E-state index contributed by atoms with van der Waals surface area (Å²) in [6.07, 6.45) is 7.35. The Kier molecular flexibility index (Phi) is 5.81. The number of allylic oxidation sites excluding steroid dienone is 2. The predicted molar refractivity (Wildman–Crippen MR) is 48.5 cm³/mol. The molecule has 0 fully saturated rings. The van der Waals surface area contributed by atoms with E-state index in [2.05, 4.69) is 13.8 Å². The summed E-state index contributed by atoms with van der Waals surface area (Å²) < 4.78 is 0. The first-order chi connectivity index (χ1) is 5.16. The number of carbonyl (C=O) groups excluding carboxylic acids is 1. The van der Waals surface area contributed by atoms with Crippen molar-refractivity contribution in [2.45, 2.75) is 40.0 Å². The van der Waals surface area contributed by atoms with Crippen LogP contribution in [0.25, 0.3) is 0 Å². The molecular weight excluding hydrogens is 136 g/mol. The summed E-state index contributed by atoms with van der Waals surface area (Å²) in [5, 5.41) is 0. The highest BCUT2D eigenvalue weighted by Crippen LogP contribution is 2.08. The average molecular weight is 154 g/mol. The fourth-order valence-electron chi connectivity index (χ4n) is 0.922. The van der Waals surface area contributed by atoms with E-state index in [9.17, 15) is 4.79 Å². The summed E-state index contributed by atoms with van der Waals surface area (Å²) in [6, 6.07) is 0. The lowest BCUT2D eigenvalue weighted by Crippen LogP contribution is -1.90. The minimum Gasteiger partial charge on any atom is -0.295 e. The zero-order chi connectivity index (χ0) is 8.69. The normalized spacial score (nSPS) is 13.7. The molecule has 0 aliphatic carbocycles. The standard InChI is InChI=1S/C10H18O/c1-4-5-6-9(2)7-8-10(3)11/h7-9H,4-6H2,1-3H3. The van der Waals surface area contributed by atoms with Gasteiger partial charge in [-0.3, -0.25) is 4.79 Å². The highest BCUT2D eigenvalue weighted by Gasteiger charge is 1.95. The Morgan fingerprint density at radius 2 is 2.18 bits per heavy atom. The smallest absolute Gasteiger partial charge is 0.152 e. The summed E-state index contributed by atoms with van der Waals surface area (Å²) in [7, 11) is 0. The molecule has 0 aliphatic heterocycles. The monoisotopic (exact) mass is 154 g/mol. The quantitative estimate of drug-likeness (QED) is 0.556. The first-order valence-electron chi connectivity index (χ1n) is 4.35. The maximum absolute atomic E-state index is 10.5. The lowest BCUT2D eigenvalue weighted by atomic mass is 10.0. The van der Waals surface area contributed by atoms with Crippen molar-refractivity contribution in [2.75, 3.05) is 0 Å². The molecule has 0 N–H and O–H groups in total. The van der Waals surface area contributed by atoms with E-state index in [4.69, 9.17) is 0 Å². The summed E-state index contributed by atoms with van der Waals surface area (Å²) in [4.78, 5) is 10.5. The van der Waals surface area contributed by atoms with Gasteiger partial charge >= 0.3 is 0 Å². The number of ketones is 1. The van der Waals surface area contributed by atoms with E-state index in [0.29, 0.717) is 5.92 Å². The van der Waals surface area contributed by atoms with Gasteiger partial charge in [-0.2, -0.15) is 0 Å². The minimum absolute atomic E-state index is 0.147. The van der Waals surface area contributed by atoms with Crippen LogP contribution in [0, 0.1) is 5.92 Å². The van der Waals surface area contributed by atoms with Crippen LogP contribution in [0.15, 0.2) is 12.2 Å². The maximum atomic E-state index is 10.5. The highest BCUT2D eigenvalue weighted by atomic mass is 16.1. The molecule has 0 radical (unpaired) electrons. The van der Waals surface area contributed by atoms with Gasteiger partial charge in [0.15, 0.2) is 5.78 Å². The van der Waals surface area contributed by atoms with Gasteiger partial charge in [0.1, 0.15) is 0 Å². The van der Waals surface area contributed by atoms with Gasteiger partial charge in [0.2, 0.25) is 0 Å². The largest absolute Gasteiger partial charge is 0.295 e. The van der Waals surface area contributed by atoms with Crippen molar-refractivity contribution in [1.29, 1.82) is 0 Å².